The van der Waals surface area contributed by atoms with Crippen LogP contribution in [-0.2, 0) is 20.9 Å². The van der Waals surface area contributed by atoms with Crippen LogP contribution in [0.5, 0.6) is 5.75 Å². The lowest BCUT2D eigenvalue weighted by Crippen LogP contribution is -2.43. The predicted molar refractivity (Wildman–Crippen MR) is 131 cm³/mol. The van der Waals surface area contributed by atoms with E-state index in [4.69, 9.17) is 26.8 Å². The number of nitrogens with zero attached hydrogens (tertiary/aromatic N) is 5. The molecule has 4 atom stereocenters. The summed E-state index contributed by atoms with van der Waals surface area (Å²) in [5.41, 5.74) is 7.23. The zero-order valence-electron chi connectivity index (χ0n) is 19.7. The van der Waals surface area contributed by atoms with Crippen molar-refractivity contribution in [1.29, 1.82) is 0 Å². The standard InChI is InChI=1S/C23H26ClN7O6/c24-13-3-4-14(36-9-15(32)30-5-1-2-6-30)12(7-13)8-26-20-17-21(28-10-27-20)31(11-29-17)22-18(33)16(25)19(37-22)23(34)35/h3-4,7,10-11,16,18-19,22,33H,1-2,5-6,8-9,25H2,(H,34,35)(H,26,27,28). The lowest BCUT2D eigenvalue weighted by atomic mass is 10.1. The summed E-state index contributed by atoms with van der Waals surface area (Å²) in [6.07, 6.45) is 0.976. The van der Waals surface area contributed by atoms with Crippen molar-refractivity contribution in [3.05, 3.63) is 41.4 Å². The number of anilines is 1. The summed E-state index contributed by atoms with van der Waals surface area (Å²) in [4.78, 5) is 38.4. The number of fused-ring (bicyclic) bond motifs is 1. The van der Waals surface area contributed by atoms with Crippen LogP contribution < -0.4 is 15.8 Å². The van der Waals surface area contributed by atoms with Gasteiger partial charge in [0.25, 0.3) is 5.91 Å². The van der Waals surface area contributed by atoms with Crippen LogP contribution in [0.25, 0.3) is 11.2 Å². The molecule has 5 N–H and O–H groups in total. The number of likely N-dealkylation sites (tertiary alicyclic amines) is 1. The summed E-state index contributed by atoms with van der Waals surface area (Å²) in [5, 5.41) is 23.5. The van der Waals surface area contributed by atoms with Gasteiger partial charge in [0.05, 0.1) is 12.4 Å². The second-order valence-corrected chi connectivity index (χ2v) is 9.32. The summed E-state index contributed by atoms with van der Waals surface area (Å²) in [7, 11) is 0. The number of aliphatic carboxylic acids is 1. The molecule has 37 heavy (non-hydrogen) atoms. The minimum atomic E-state index is -1.37. The van der Waals surface area contributed by atoms with E-state index < -0.39 is 30.4 Å². The highest BCUT2D eigenvalue weighted by atomic mass is 35.5. The number of hydrogen-bond donors (Lipinski definition) is 4. The largest absolute Gasteiger partial charge is 0.483 e. The maximum Gasteiger partial charge on any atom is 0.334 e. The van der Waals surface area contributed by atoms with E-state index in [9.17, 15) is 19.8 Å². The first kappa shape index (κ1) is 25.1. The van der Waals surface area contributed by atoms with Gasteiger partial charge >= 0.3 is 5.97 Å². The van der Waals surface area contributed by atoms with Crippen molar-refractivity contribution in [3.8, 4) is 5.75 Å². The van der Waals surface area contributed by atoms with Gasteiger partial charge in [-0.15, -0.1) is 0 Å². The minimum absolute atomic E-state index is 0.0596. The molecule has 2 aliphatic rings. The minimum Gasteiger partial charge on any atom is -0.483 e. The van der Waals surface area contributed by atoms with Gasteiger partial charge in [0, 0.05) is 30.2 Å². The second-order valence-electron chi connectivity index (χ2n) is 8.88. The van der Waals surface area contributed by atoms with Gasteiger partial charge in [0.2, 0.25) is 0 Å². The fourth-order valence-electron chi connectivity index (χ4n) is 4.51. The Hall–Kier alpha value is -3.52. The Labute approximate surface area is 216 Å². The van der Waals surface area contributed by atoms with Crippen LogP contribution in [-0.4, -0.2) is 84.5 Å². The number of aliphatic hydroxyl groups excluding tert-OH is 1. The van der Waals surface area contributed by atoms with E-state index in [-0.39, 0.29) is 19.1 Å². The van der Waals surface area contributed by atoms with Crippen molar-refractivity contribution >= 4 is 40.5 Å². The molecule has 2 fully saturated rings. The molecule has 5 rings (SSSR count). The van der Waals surface area contributed by atoms with Crippen molar-refractivity contribution in [1.82, 2.24) is 24.4 Å². The molecule has 0 bridgehead atoms. The molecule has 13 nitrogen and oxygen atoms in total. The Kier molecular flexibility index (Phi) is 7.11. The summed E-state index contributed by atoms with van der Waals surface area (Å²) in [6, 6.07) is 4.02. The van der Waals surface area contributed by atoms with Gasteiger partial charge in [-0.1, -0.05) is 11.6 Å². The molecule has 1 amide bonds. The Bertz CT molecular complexity index is 1310. The van der Waals surface area contributed by atoms with Crippen LogP contribution in [0.2, 0.25) is 5.02 Å². The van der Waals surface area contributed by atoms with Crippen LogP contribution in [0, 0.1) is 0 Å². The number of carbonyl (C=O) groups excluding carboxylic acids is 1. The number of benzene rings is 1. The number of halogens is 1. The van der Waals surface area contributed by atoms with Gasteiger partial charge in [0.15, 0.2) is 35.9 Å². The van der Waals surface area contributed by atoms with Gasteiger partial charge in [-0.2, -0.15) is 0 Å². The van der Waals surface area contributed by atoms with Crippen molar-refractivity contribution in [2.24, 2.45) is 5.73 Å². The molecule has 14 heteroatoms. The second kappa shape index (κ2) is 10.5. The fraction of sp³-hybridized carbons (Fsp3) is 0.435. The highest BCUT2D eigenvalue weighted by Gasteiger charge is 2.46. The first-order valence-electron chi connectivity index (χ1n) is 11.8. The van der Waals surface area contributed by atoms with Gasteiger partial charge in [0.1, 0.15) is 18.2 Å². The Morgan fingerprint density at radius 3 is 2.76 bits per heavy atom. The van der Waals surface area contributed by atoms with Gasteiger partial charge in [-0.25, -0.2) is 19.7 Å². The van der Waals surface area contributed by atoms with Crippen LogP contribution >= 0.6 is 11.6 Å². The van der Waals surface area contributed by atoms with Gasteiger partial charge < -0.3 is 35.6 Å². The summed E-state index contributed by atoms with van der Waals surface area (Å²) in [5.74, 6) is -0.432. The quantitative estimate of drug-likeness (QED) is 0.322. The first-order chi connectivity index (χ1) is 17.8. The van der Waals surface area contributed by atoms with Gasteiger partial charge in [-0.05, 0) is 31.0 Å². The van der Waals surface area contributed by atoms with Crippen LogP contribution in [0.15, 0.2) is 30.9 Å². The van der Waals surface area contributed by atoms with Gasteiger partial charge in [-0.3, -0.25) is 9.36 Å². The van der Waals surface area contributed by atoms with Crippen molar-refractivity contribution < 1.29 is 29.3 Å². The molecule has 2 aromatic heterocycles. The number of aliphatic hydroxyl groups is 1. The zero-order chi connectivity index (χ0) is 26.1. The molecular weight excluding hydrogens is 506 g/mol. The van der Waals surface area contributed by atoms with E-state index >= 15 is 0 Å². The van der Waals surface area contributed by atoms with E-state index in [2.05, 4.69) is 20.3 Å². The third kappa shape index (κ3) is 5.03. The number of carboxylic acids is 1. The highest BCUT2D eigenvalue weighted by Crippen LogP contribution is 2.32. The summed E-state index contributed by atoms with van der Waals surface area (Å²) in [6.45, 7) is 1.68. The Morgan fingerprint density at radius 2 is 2.03 bits per heavy atom. The lowest BCUT2D eigenvalue weighted by molar-refractivity contribution is -0.152. The molecule has 4 unspecified atom stereocenters. The molecule has 0 radical (unpaired) electrons. The fourth-order valence-corrected chi connectivity index (χ4v) is 4.71. The number of nitrogens with one attached hydrogen (secondary N) is 1. The number of carbonyl (C=O) groups is 2. The maximum atomic E-state index is 12.4. The number of amides is 1. The third-order valence-corrected chi connectivity index (χ3v) is 6.71. The van der Waals surface area contributed by atoms with E-state index in [0.717, 1.165) is 25.9 Å². The summed E-state index contributed by atoms with van der Waals surface area (Å²) >= 11 is 6.21. The van der Waals surface area contributed by atoms with E-state index in [1.807, 2.05) is 0 Å². The number of aromatic nitrogens is 4. The van der Waals surface area contributed by atoms with Crippen LogP contribution in [0.1, 0.15) is 24.6 Å². The average molecular weight is 532 g/mol. The number of hydrogen-bond acceptors (Lipinski definition) is 10. The first-order valence-corrected chi connectivity index (χ1v) is 12.1. The molecule has 4 heterocycles. The smallest absolute Gasteiger partial charge is 0.334 e. The monoisotopic (exact) mass is 531 g/mol. The zero-order valence-corrected chi connectivity index (χ0v) is 20.4. The number of nitrogens with two attached hydrogens (primary N) is 1. The summed E-state index contributed by atoms with van der Waals surface area (Å²) < 4.78 is 12.7. The number of carboxylic acid groups (broad SMARTS) is 1. The topological polar surface area (TPSA) is 178 Å². The van der Waals surface area contributed by atoms with Crippen LogP contribution in [0.4, 0.5) is 5.82 Å². The van der Waals surface area contributed by atoms with Crippen molar-refractivity contribution in [3.63, 3.8) is 0 Å². The van der Waals surface area contributed by atoms with Crippen LogP contribution in [0.3, 0.4) is 0 Å². The van der Waals surface area contributed by atoms with E-state index in [0.29, 0.717) is 33.3 Å². The predicted octanol–water partition coefficient (Wildman–Crippen LogP) is 0.763. The third-order valence-electron chi connectivity index (χ3n) is 6.48. The average Bonchev–Trinajstić information content (AvgIpc) is 3.62. The molecule has 2 aliphatic heterocycles. The number of rotatable bonds is 8. The molecule has 0 saturated carbocycles. The molecule has 2 saturated heterocycles. The van der Waals surface area contributed by atoms with Crippen molar-refractivity contribution in [2.75, 3.05) is 25.0 Å². The normalized spacial score (nSPS) is 23.5. The number of imidazole rings is 1. The molecule has 3 aromatic rings. The highest BCUT2D eigenvalue weighted by molar-refractivity contribution is 6.30. The van der Waals surface area contributed by atoms with E-state index in [1.54, 1.807) is 23.1 Å². The SMILES string of the molecule is NC1C(C(=O)O)OC(n2cnc3c(NCc4cc(Cl)ccc4OCC(=O)N4CCCC4)ncnc32)C1O. The Balaban J connectivity index is 1.32. The molecule has 0 aliphatic carbocycles. The maximum absolute atomic E-state index is 12.4. The Morgan fingerprint density at radius 1 is 1.24 bits per heavy atom. The molecule has 1 aromatic carbocycles. The molecule has 0 spiro atoms. The number of ether oxygens (including phenoxy) is 2. The lowest BCUT2D eigenvalue weighted by Gasteiger charge is -2.17. The van der Waals surface area contributed by atoms with Crippen molar-refractivity contribution in [2.45, 2.75) is 43.9 Å². The molecule has 196 valence electrons. The molecular formula is C23H26ClN7O6. The van der Waals surface area contributed by atoms with E-state index in [1.165, 1.54) is 17.2 Å².